The number of aliphatic hydroxyl groups excluding tert-OH is 2. The van der Waals surface area contributed by atoms with Crippen LogP contribution in [0.5, 0.6) is 34.5 Å². The van der Waals surface area contributed by atoms with E-state index in [1.807, 2.05) is 48.7 Å². The highest BCUT2D eigenvalue weighted by Crippen LogP contribution is 2.61. The second kappa shape index (κ2) is 25.2. The van der Waals surface area contributed by atoms with Crippen LogP contribution in [0.1, 0.15) is 158 Å². The number of aromatic nitrogens is 2. The number of carbonyl (C=O) groups is 3. The molecule has 2 aliphatic heterocycles. The number of dihydropyridines is 1. The molecule has 15 nitrogen and oxygen atoms in total. The number of nitrogens with one attached hydrogen (secondary N) is 2. The van der Waals surface area contributed by atoms with Gasteiger partial charge >= 0.3 is 5.97 Å². The van der Waals surface area contributed by atoms with Gasteiger partial charge in [-0.3, -0.25) is 14.4 Å². The van der Waals surface area contributed by atoms with Crippen LogP contribution < -0.4 is 19.7 Å². The van der Waals surface area contributed by atoms with Crippen LogP contribution in [0.4, 0.5) is 5.69 Å². The van der Waals surface area contributed by atoms with Crippen molar-refractivity contribution in [2.24, 2.45) is 17.3 Å². The van der Waals surface area contributed by atoms with Crippen LogP contribution in [0.15, 0.2) is 169 Å². The molecular weight excluding hydrogens is 1170 g/mol. The smallest absolute Gasteiger partial charge is 0.302 e. The molecule has 15 heteroatoms. The monoisotopic (exact) mass is 1250 g/mol. The zero-order chi connectivity index (χ0) is 64.2. The van der Waals surface area contributed by atoms with Crippen molar-refractivity contribution in [2.75, 3.05) is 31.7 Å². The average Bonchev–Trinajstić information content (AvgIpc) is 1.69. The fraction of sp³-hybridized carbons (Fsp3) is 0.346. The summed E-state index contributed by atoms with van der Waals surface area (Å²) in [7, 11) is 1.48. The summed E-state index contributed by atoms with van der Waals surface area (Å²) in [6.45, 7) is 3.63. The first kappa shape index (κ1) is 61.0. The summed E-state index contributed by atoms with van der Waals surface area (Å²) >= 11 is 0. The number of ketones is 2. The number of hydrogen-bond donors (Lipinski definition) is 7. The Balaban J connectivity index is 0.947. The van der Waals surface area contributed by atoms with Gasteiger partial charge in [0.05, 0.1) is 30.9 Å². The molecule has 6 bridgehead atoms. The number of allylic oxidation sites excluding steroid dienone is 8. The number of aliphatic hydroxyl groups is 2. The fourth-order valence-electron chi connectivity index (χ4n) is 16.8. The number of aromatic amines is 1. The Bertz CT molecular complexity index is 4360. The Morgan fingerprint density at radius 3 is 2.52 bits per heavy atom. The number of phenols is 3. The van der Waals surface area contributed by atoms with Crippen LogP contribution in [-0.2, 0) is 32.0 Å². The van der Waals surface area contributed by atoms with Crippen LogP contribution in [0.2, 0.25) is 0 Å². The van der Waals surface area contributed by atoms with E-state index in [1.165, 1.54) is 31.2 Å². The largest absolute Gasteiger partial charge is 0.508 e. The molecule has 10 unspecified atom stereocenters. The van der Waals surface area contributed by atoms with Crippen molar-refractivity contribution < 1.29 is 54.1 Å². The Hall–Kier alpha value is -9.49. The van der Waals surface area contributed by atoms with Crippen molar-refractivity contribution >= 4 is 34.0 Å². The average molecular weight is 1250 g/mol. The van der Waals surface area contributed by atoms with Gasteiger partial charge in [0.15, 0.2) is 11.5 Å². The second-order valence-corrected chi connectivity index (χ2v) is 26.3. The number of aromatic hydroxyl groups is 3. The molecule has 0 saturated carbocycles. The van der Waals surface area contributed by atoms with Gasteiger partial charge in [-0.1, -0.05) is 96.3 Å². The highest BCUT2D eigenvalue weighted by atomic mass is 16.5. The third-order valence-corrected chi connectivity index (χ3v) is 20.9. The maximum Gasteiger partial charge on any atom is 0.302 e. The predicted octanol–water partition coefficient (Wildman–Crippen LogP) is 13.5. The minimum absolute atomic E-state index is 0.00464. The number of carbonyl (C=O) groups excluding carboxylic acids is 3. The number of nitrogens with zero attached hydrogens (tertiary/aromatic N) is 2. The maximum absolute atomic E-state index is 15.6. The zero-order valence-electron chi connectivity index (χ0n) is 52.6. The summed E-state index contributed by atoms with van der Waals surface area (Å²) in [6, 6.07) is 27.0. The lowest BCUT2D eigenvalue weighted by atomic mass is 9.53. The molecule has 4 heterocycles. The topological polar surface area (TPSA) is 216 Å². The Morgan fingerprint density at radius 1 is 0.839 bits per heavy atom. The summed E-state index contributed by atoms with van der Waals surface area (Å²) in [6.07, 6.45) is 24.7. The van der Waals surface area contributed by atoms with Crippen molar-refractivity contribution in [1.82, 2.24) is 14.9 Å². The Labute approximate surface area is 541 Å². The molecule has 476 valence electrons. The lowest BCUT2D eigenvalue weighted by Gasteiger charge is -2.50. The molecular formula is C78H78N4O11. The van der Waals surface area contributed by atoms with E-state index in [1.54, 1.807) is 31.2 Å². The predicted molar refractivity (Wildman–Crippen MR) is 356 cm³/mol. The number of phenolic OH excluding ortho intramolecular Hbond substituents is 3. The van der Waals surface area contributed by atoms with E-state index in [4.69, 9.17) is 14.2 Å². The van der Waals surface area contributed by atoms with Crippen molar-refractivity contribution in [3.05, 3.63) is 219 Å². The van der Waals surface area contributed by atoms with Gasteiger partial charge in [0.2, 0.25) is 5.75 Å². The van der Waals surface area contributed by atoms with E-state index in [0.717, 1.165) is 86.2 Å². The normalized spacial score (nSPS) is 25.5. The van der Waals surface area contributed by atoms with Gasteiger partial charge in [0.1, 0.15) is 40.7 Å². The number of aryl methyl sites for hydroxylation is 2. The number of Topliss-reactive ketones (excluding diaryl/α,β-unsaturated/α-hetero) is 2. The SMILES string of the molecule is COc1cc(C2CC(=O)CC(OC(C)=O)CCC34C5=CC=CC3CC=CC4c3c[nH]cc3C(C#CC5)C(c3cccc(O)c3)C3=CCNC(=C3)N(CCC(C)=O)c3ccc4c5c(n2cc35)CCC4O)cc(O)c1Oc1cc(O)cc(C2c3ccccc3CCC2CO)c1. The Morgan fingerprint density at radius 2 is 1.69 bits per heavy atom. The standard InChI is InChI=1S/C78H78N4O11/c1-45(84)28-31-81-67-23-22-62-70(89)25-24-68-76(62)65(67)43-82(68)69(51-35-71(90)77(72(36-51)91-3)93-59-34-52(33-56(87)39-59)75-50(44-83)21-20-47-10-4-5-17-60(47)75)40-57(88)38-58(92-46(2)85)26-29-78-53-12-7-13-54(78)15-9-19-66(78)64-42-79-41-63(64)61(18-8-14-53)74(48-11-6-16-55(86)32-48)49-27-30-80-73(81)37-49/h4-7,9-13,16-17,19,22-23,27,32-37,39,41-43,50,54,58,61,66,69-70,74-75,79-80,83,86-87,89-90H,14-15,20-21,24-26,28-31,38,40,44H2,1-3H3. The number of H-pyrrole nitrogens is 1. The number of anilines is 1. The molecule has 0 fully saturated rings. The van der Waals surface area contributed by atoms with E-state index in [0.29, 0.717) is 44.2 Å². The molecule has 93 heavy (non-hydrogen) atoms. The van der Waals surface area contributed by atoms with E-state index < -0.39 is 41.5 Å². The minimum Gasteiger partial charge on any atom is -0.508 e. The molecule has 0 amide bonds. The number of methoxy groups -OCH3 is 1. The number of esters is 1. The van der Waals surface area contributed by atoms with Gasteiger partial charge in [-0.25, -0.2) is 0 Å². The molecule has 0 saturated heterocycles. The first-order chi connectivity index (χ1) is 45.2. The van der Waals surface area contributed by atoms with Crippen LogP contribution >= 0.6 is 0 Å². The van der Waals surface area contributed by atoms with Crippen LogP contribution in [0.25, 0.3) is 10.8 Å². The number of benzene rings is 5. The lowest BCUT2D eigenvalue weighted by Crippen LogP contribution is -2.41. The van der Waals surface area contributed by atoms with E-state index >= 15 is 4.79 Å². The van der Waals surface area contributed by atoms with Crippen molar-refractivity contribution in [2.45, 2.75) is 126 Å². The molecule has 1 spiro atoms. The third kappa shape index (κ3) is 11.3. The molecule has 5 aromatic carbocycles. The van der Waals surface area contributed by atoms with Gasteiger partial charge < -0.3 is 59.5 Å². The maximum atomic E-state index is 15.6. The van der Waals surface area contributed by atoms with E-state index in [9.17, 15) is 35.1 Å². The number of hydrogen-bond acceptors (Lipinski definition) is 13. The van der Waals surface area contributed by atoms with Crippen LogP contribution in [-0.4, -0.2) is 85.5 Å². The van der Waals surface area contributed by atoms with E-state index in [-0.39, 0.29) is 102 Å². The third-order valence-electron chi connectivity index (χ3n) is 20.9. The van der Waals surface area contributed by atoms with Gasteiger partial charge in [-0.2, -0.15) is 0 Å². The van der Waals surface area contributed by atoms with Gasteiger partial charge in [-0.05, 0) is 162 Å². The molecule has 7 aliphatic rings. The zero-order valence-corrected chi connectivity index (χ0v) is 52.6. The van der Waals surface area contributed by atoms with Gasteiger partial charge in [-0.15, -0.1) is 0 Å². The summed E-state index contributed by atoms with van der Waals surface area (Å²) in [5.41, 5.74) is 10.4. The molecule has 5 aliphatic carbocycles. The summed E-state index contributed by atoms with van der Waals surface area (Å²) in [5, 5.41) is 63.0. The lowest BCUT2D eigenvalue weighted by molar-refractivity contribution is -0.148. The highest BCUT2D eigenvalue weighted by Gasteiger charge is 2.51. The molecule has 14 rings (SSSR count). The summed E-state index contributed by atoms with van der Waals surface area (Å²) < 4.78 is 21.1. The second-order valence-electron chi connectivity index (χ2n) is 26.3. The molecule has 7 aromatic rings. The Kier molecular flexibility index (Phi) is 16.5. The quantitative estimate of drug-likeness (QED) is 0.0365. The molecule has 7 N–H and O–H groups in total. The summed E-state index contributed by atoms with van der Waals surface area (Å²) in [5.74, 6) is 6.47. The van der Waals surface area contributed by atoms with Crippen LogP contribution in [0.3, 0.4) is 0 Å². The fourth-order valence-corrected chi connectivity index (χ4v) is 16.8. The van der Waals surface area contributed by atoms with Crippen molar-refractivity contribution in [3.63, 3.8) is 0 Å². The summed E-state index contributed by atoms with van der Waals surface area (Å²) in [4.78, 5) is 47.9. The number of rotatable bonds is 11. The van der Waals surface area contributed by atoms with Gasteiger partial charge in [0, 0.05) is 117 Å². The number of fused-ring (bicyclic) bond motifs is 4. The first-order valence-corrected chi connectivity index (χ1v) is 32.7. The highest BCUT2D eigenvalue weighted by molar-refractivity contribution is 6.00. The first-order valence-electron chi connectivity index (χ1n) is 32.7. The molecule has 2 aromatic heterocycles. The number of ether oxygens (including phenoxy) is 3. The van der Waals surface area contributed by atoms with Crippen molar-refractivity contribution in [3.8, 4) is 46.3 Å². The van der Waals surface area contributed by atoms with Crippen molar-refractivity contribution in [1.29, 1.82) is 0 Å². The minimum atomic E-state index is -0.824. The van der Waals surface area contributed by atoms with E-state index in [2.05, 4.69) is 105 Å². The molecule has 0 radical (unpaired) electrons. The van der Waals surface area contributed by atoms with Gasteiger partial charge in [0.25, 0.3) is 0 Å². The molecule has 10 atom stereocenters. The van der Waals surface area contributed by atoms with Crippen LogP contribution in [0, 0.1) is 29.1 Å².